The van der Waals surface area contributed by atoms with Crippen molar-refractivity contribution >= 4 is 11.8 Å². The first kappa shape index (κ1) is 12.9. The van der Waals surface area contributed by atoms with Crippen LogP contribution in [0.5, 0.6) is 0 Å². The van der Waals surface area contributed by atoms with E-state index in [1.54, 1.807) is 0 Å². The fourth-order valence-electron chi connectivity index (χ4n) is 0.779. The Balaban J connectivity index is 3.13. The number of carbonyl (C=O) groups excluding carboxylic acids is 2. The largest absolute Gasteiger partial charge is 0.370 e. The van der Waals surface area contributed by atoms with Gasteiger partial charge in [0.15, 0.2) is 0 Å². The normalized spacial score (nSPS) is 9.79. The van der Waals surface area contributed by atoms with Gasteiger partial charge < -0.3 is 21.1 Å². The number of hydrogen-bond acceptors (Lipinski definition) is 4. The fourth-order valence-corrected chi connectivity index (χ4v) is 0.779. The molecule has 0 rings (SSSR count). The molecule has 0 bridgehead atoms. The van der Waals surface area contributed by atoms with Crippen molar-refractivity contribution in [3.63, 3.8) is 0 Å². The number of ether oxygens (including phenoxy) is 1. The summed E-state index contributed by atoms with van der Waals surface area (Å²) in [5, 5.41) is 5.49. The zero-order valence-corrected chi connectivity index (χ0v) is 8.34. The van der Waals surface area contributed by atoms with Crippen LogP contribution < -0.4 is 16.4 Å². The van der Waals surface area contributed by atoms with E-state index in [-0.39, 0.29) is 19.1 Å². The molecule has 0 spiro atoms. The predicted molar refractivity (Wildman–Crippen MR) is 51.6 cm³/mol. The Kier molecular flexibility index (Phi) is 7.77. The summed E-state index contributed by atoms with van der Waals surface area (Å²) in [6.07, 6.45) is 0. The van der Waals surface area contributed by atoms with Crippen molar-refractivity contribution in [3.8, 4) is 0 Å². The Morgan fingerprint density at radius 2 is 2.14 bits per heavy atom. The molecular weight excluding hydrogens is 186 g/mol. The van der Waals surface area contributed by atoms with Gasteiger partial charge in [-0.2, -0.15) is 0 Å². The zero-order valence-electron chi connectivity index (χ0n) is 8.34. The van der Waals surface area contributed by atoms with Gasteiger partial charge in [-0.1, -0.05) is 0 Å². The van der Waals surface area contributed by atoms with Crippen LogP contribution in [0.15, 0.2) is 0 Å². The van der Waals surface area contributed by atoms with Crippen LogP contribution in [0.3, 0.4) is 0 Å². The van der Waals surface area contributed by atoms with E-state index in [0.29, 0.717) is 19.7 Å². The minimum atomic E-state index is -0.492. The Bertz CT molecular complexity index is 185. The van der Waals surface area contributed by atoms with E-state index in [1.165, 1.54) is 0 Å². The molecule has 6 heteroatoms. The average molecular weight is 203 g/mol. The molecule has 0 radical (unpaired) electrons. The lowest BCUT2D eigenvalue weighted by Gasteiger charge is -2.04. The summed E-state index contributed by atoms with van der Waals surface area (Å²) < 4.78 is 4.87. The maximum absolute atomic E-state index is 10.9. The van der Waals surface area contributed by atoms with E-state index in [9.17, 15) is 9.59 Å². The molecular formula is C8H17N3O3. The summed E-state index contributed by atoms with van der Waals surface area (Å²) in [5.74, 6) is -0.545. The second kappa shape index (κ2) is 8.46. The number of primary amides is 1. The van der Waals surface area contributed by atoms with Gasteiger partial charge in [0.05, 0.1) is 13.2 Å². The van der Waals surface area contributed by atoms with E-state index >= 15 is 0 Å². The maximum atomic E-state index is 10.9. The van der Waals surface area contributed by atoms with Gasteiger partial charge in [0.25, 0.3) is 0 Å². The van der Waals surface area contributed by atoms with Crippen LogP contribution in [-0.2, 0) is 14.3 Å². The molecule has 0 unspecified atom stereocenters. The second-order valence-electron chi connectivity index (χ2n) is 2.65. The third-order valence-corrected chi connectivity index (χ3v) is 1.33. The van der Waals surface area contributed by atoms with Gasteiger partial charge in [0, 0.05) is 13.1 Å². The topological polar surface area (TPSA) is 93.4 Å². The number of amides is 2. The van der Waals surface area contributed by atoms with E-state index in [1.807, 2.05) is 6.92 Å². The second-order valence-corrected chi connectivity index (χ2v) is 2.65. The molecule has 0 aliphatic carbocycles. The van der Waals surface area contributed by atoms with Gasteiger partial charge in [0.2, 0.25) is 11.8 Å². The van der Waals surface area contributed by atoms with E-state index in [2.05, 4.69) is 10.6 Å². The molecule has 0 saturated carbocycles. The van der Waals surface area contributed by atoms with Crippen molar-refractivity contribution in [1.82, 2.24) is 10.6 Å². The Hall–Kier alpha value is -1.14. The molecule has 0 atom stereocenters. The highest BCUT2D eigenvalue weighted by Gasteiger charge is 1.97. The van der Waals surface area contributed by atoms with Crippen molar-refractivity contribution in [3.05, 3.63) is 0 Å². The molecule has 0 aromatic carbocycles. The molecule has 0 saturated heterocycles. The standard InChI is InChI=1S/C8H17N3O3/c1-2-11-8(13)5-10-3-4-14-6-7(9)12/h10H,2-6H2,1H3,(H2,9,12)(H,11,13). The quantitative estimate of drug-likeness (QED) is 0.406. The lowest BCUT2D eigenvalue weighted by Crippen LogP contribution is -2.35. The molecule has 0 aliphatic rings. The van der Waals surface area contributed by atoms with Crippen molar-refractivity contribution < 1.29 is 14.3 Å². The highest BCUT2D eigenvalue weighted by Crippen LogP contribution is 1.72. The first-order valence-corrected chi connectivity index (χ1v) is 4.50. The number of nitrogens with one attached hydrogen (secondary N) is 2. The summed E-state index contributed by atoms with van der Waals surface area (Å²) in [6.45, 7) is 3.54. The van der Waals surface area contributed by atoms with Crippen molar-refractivity contribution in [2.75, 3.05) is 32.8 Å². The highest BCUT2D eigenvalue weighted by atomic mass is 16.5. The third kappa shape index (κ3) is 8.95. The Morgan fingerprint density at radius 1 is 1.43 bits per heavy atom. The molecule has 14 heavy (non-hydrogen) atoms. The van der Waals surface area contributed by atoms with Gasteiger partial charge >= 0.3 is 0 Å². The summed E-state index contributed by atoms with van der Waals surface area (Å²) in [5.41, 5.74) is 4.85. The predicted octanol–water partition coefficient (Wildman–Crippen LogP) is -1.79. The summed E-state index contributed by atoms with van der Waals surface area (Å²) in [4.78, 5) is 21.1. The Morgan fingerprint density at radius 3 is 2.71 bits per heavy atom. The smallest absolute Gasteiger partial charge is 0.243 e. The molecule has 2 amide bonds. The minimum Gasteiger partial charge on any atom is -0.370 e. The number of likely N-dealkylation sites (N-methyl/N-ethyl adjacent to an activating group) is 1. The molecule has 0 aromatic heterocycles. The first-order valence-electron chi connectivity index (χ1n) is 4.50. The van der Waals surface area contributed by atoms with Crippen LogP contribution in [0, 0.1) is 0 Å². The van der Waals surface area contributed by atoms with Gasteiger partial charge in [-0.3, -0.25) is 9.59 Å². The summed E-state index contributed by atoms with van der Waals surface area (Å²) in [7, 11) is 0. The van der Waals surface area contributed by atoms with Gasteiger partial charge in [0.1, 0.15) is 6.61 Å². The summed E-state index contributed by atoms with van der Waals surface area (Å²) in [6, 6.07) is 0. The van der Waals surface area contributed by atoms with Crippen LogP contribution in [0.25, 0.3) is 0 Å². The molecule has 6 nitrogen and oxygen atoms in total. The molecule has 0 fully saturated rings. The molecule has 0 aliphatic heterocycles. The van der Waals surface area contributed by atoms with E-state index < -0.39 is 5.91 Å². The molecule has 0 heterocycles. The number of carbonyl (C=O) groups is 2. The van der Waals surface area contributed by atoms with E-state index in [4.69, 9.17) is 10.5 Å². The zero-order chi connectivity index (χ0) is 10.8. The highest BCUT2D eigenvalue weighted by molar-refractivity contribution is 5.77. The van der Waals surface area contributed by atoms with Gasteiger partial charge in [-0.25, -0.2) is 0 Å². The molecule has 0 aromatic rings. The maximum Gasteiger partial charge on any atom is 0.243 e. The van der Waals surface area contributed by atoms with Gasteiger partial charge in [-0.15, -0.1) is 0 Å². The molecule has 82 valence electrons. The summed E-state index contributed by atoms with van der Waals surface area (Å²) >= 11 is 0. The lowest BCUT2D eigenvalue weighted by atomic mass is 10.5. The van der Waals surface area contributed by atoms with Crippen LogP contribution >= 0.6 is 0 Å². The first-order chi connectivity index (χ1) is 6.66. The SMILES string of the molecule is CCNC(=O)CNCCOCC(N)=O. The van der Waals surface area contributed by atoms with Crippen LogP contribution in [0.1, 0.15) is 6.92 Å². The van der Waals surface area contributed by atoms with Gasteiger partial charge in [-0.05, 0) is 6.92 Å². The van der Waals surface area contributed by atoms with Crippen molar-refractivity contribution in [1.29, 1.82) is 0 Å². The number of rotatable bonds is 8. The Labute approximate surface area is 83.2 Å². The lowest BCUT2D eigenvalue weighted by molar-refractivity contribution is -0.123. The average Bonchev–Trinajstić information content (AvgIpc) is 2.11. The monoisotopic (exact) mass is 203 g/mol. The molecule has 4 N–H and O–H groups in total. The van der Waals surface area contributed by atoms with Crippen LogP contribution in [0.2, 0.25) is 0 Å². The minimum absolute atomic E-state index is 0.0533. The number of hydrogen-bond donors (Lipinski definition) is 3. The van der Waals surface area contributed by atoms with Crippen LogP contribution in [0.4, 0.5) is 0 Å². The third-order valence-electron chi connectivity index (χ3n) is 1.33. The van der Waals surface area contributed by atoms with E-state index in [0.717, 1.165) is 0 Å². The van der Waals surface area contributed by atoms with Crippen LogP contribution in [-0.4, -0.2) is 44.7 Å². The number of nitrogens with two attached hydrogens (primary N) is 1. The van der Waals surface area contributed by atoms with Crippen molar-refractivity contribution in [2.45, 2.75) is 6.92 Å². The fraction of sp³-hybridized carbons (Fsp3) is 0.750. The van der Waals surface area contributed by atoms with Crippen molar-refractivity contribution in [2.24, 2.45) is 5.73 Å².